The molecule has 21 heavy (non-hydrogen) atoms. The van der Waals surface area contributed by atoms with Gasteiger partial charge in [0.15, 0.2) is 0 Å². The highest BCUT2D eigenvalue weighted by Gasteiger charge is 2.55. The number of ether oxygens (including phenoxy) is 1. The molecule has 0 spiro atoms. The summed E-state index contributed by atoms with van der Waals surface area (Å²) in [5, 5.41) is 11.9. The van der Waals surface area contributed by atoms with Crippen LogP contribution in [-0.2, 0) is 14.3 Å². The SMILES string of the molecule is O=C(O)[C@@H]1[C@@H](C(=O)Nc2ccc(Cl)cc2F)[C@H]2CC[C@H]1O2. The van der Waals surface area contributed by atoms with E-state index in [4.69, 9.17) is 16.3 Å². The number of hydrogen-bond donors (Lipinski definition) is 2. The molecule has 1 aromatic rings. The summed E-state index contributed by atoms with van der Waals surface area (Å²) in [5.74, 6) is -3.92. The van der Waals surface area contributed by atoms with Gasteiger partial charge in [-0.05, 0) is 31.0 Å². The zero-order chi connectivity index (χ0) is 15.1. The number of carboxylic acids is 1. The lowest BCUT2D eigenvalue weighted by atomic mass is 9.78. The van der Waals surface area contributed by atoms with Gasteiger partial charge in [-0.1, -0.05) is 11.6 Å². The Bertz CT molecular complexity index is 609. The van der Waals surface area contributed by atoms with Crippen LogP contribution in [0.1, 0.15) is 12.8 Å². The van der Waals surface area contributed by atoms with Gasteiger partial charge in [0, 0.05) is 5.02 Å². The van der Waals surface area contributed by atoms with E-state index in [-0.39, 0.29) is 10.7 Å². The van der Waals surface area contributed by atoms with Crippen LogP contribution in [0.5, 0.6) is 0 Å². The van der Waals surface area contributed by atoms with Gasteiger partial charge in [0.2, 0.25) is 5.91 Å². The number of rotatable bonds is 3. The number of hydrogen-bond acceptors (Lipinski definition) is 3. The quantitative estimate of drug-likeness (QED) is 0.898. The lowest BCUT2D eigenvalue weighted by Gasteiger charge is -2.23. The number of nitrogens with one attached hydrogen (secondary N) is 1. The van der Waals surface area contributed by atoms with Gasteiger partial charge in [0.05, 0.1) is 29.7 Å². The number of carbonyl (C=O) groups is 2. The van der Waals surface area contributed by atoms with Crippen LogP contribution in [0.3, 0.4) is 0 Å². The number of benzene rings is 1. The van der Waals surface area contributed by atoms with Crippen LogP contribution in [0.4, 0.5) is 10.1 Å². The van der Waals surface area contributed by atoms with Crippen molar-refractivity contribution < 1.29 is 23.8 Å². The van der Waals surface area contributed by atoms with Crippen molar-refractivity contribution in [2.24, 2.45) is 11.8 Å². The molecule has 112 valence electrons. The van der Waals surface area contributed by atoms with E-state index in [0.717, 1.165) is 6.07 Å². The fourth-order valence-electron chi connectivity index (χ4n) is 3.13. The molecule has 2 N–H and O–H groups in total. The summed E-state index contributed by atoms with van der Waals surface area (Å²) in [4.78, 5) is 23.6. The Morgan fingerprint density at radius 1 is 1.29 bits per heavy atom. The first-order valence-electron chi connectivity index (χ1n) is 6.61. The molecule has 0 saturated carbocycles. The third-order valence-electron chi connectivity index (χ3n) is 4.05. The van der Waals surface area contributed by atoms with Gasteiger partial charge in [-0.15, -0.1) is 0 Å². The Morgan fingerprint density at radius 2 is 1.95 bits per heavy atom. The van der Waals surface area contributed by atoms with Crippen LogP contribution >= 0.6 is 11.6 Å². The topological polar surface area (TPSA) is 75.6 Å². The summed E-state index contributed by atoms with van der Waals surface area (Å²) in [7, 11) is 0. The number of anilines is 1. The predicted octanol–water partition coefficient (Wildman–Crippen LogP) is 2.30. The molecule has 0 aromatic heterocycles. The summed E-state index contributed by atoms with van der Waals surface area (Å²) >= 11 is 5.65. The number of carbonyl (C=O) groups excluding carboxylic acids is 1. The van der Waals surface area contributed by atoms with Gasteiger partial charge in [0.25, 0.3) is 0 Å². The zero-order valence-corrected chi connectivity index (χ0v) is 11.6. The second kappa shape index (κ2) is 5.27. The molecule has 0 radical (unpaired) electrons. The molecule has 2 heterocycles. The molecule has 4 atom stereocenters. The minimum atomic E-state index is -1.06. The van der Waals surface area contributed by atoms with Crippen molar-refractivity contribution in [3.63, 3.8) is 0 Å². The van der Waals surface area contributed by atoms with Crippen molar-refractivity contribution in [3.8, 4) is 0 Å². The maximum atomic E-state index is 13.7. The Morgan fingerprint density at radius 3 is 2.57 bits per heavy atom. The van der Waals surface area contributed by atoms with Crippen molar-refractivity contribution in [1.29, 1.82) is 0 Å². The minimum Gasteiger partial charge on any atom is -0.481 e. The van der Waals surface area contributed by atoms with Crippen LogP contribution in [0.15, 0.2) is 18.2 Å². The Balaban J connectivity index is 1.80. The molecule has 2 aliphatic rings. The molecule has 1 amide bonds. The van der Waals surface area contributed by atoms with Gasteiger partial charge in [0.1, 0.15) is 5.82 Å². The molecule has 2 aliphatic heterocycles. The molecular formula is C14H13ClFNO4. The second-order valence-electron chi connectivity index (χ2n) is 5.29. The number of amides is 1. The summed E-state index contributed by atoms with van der Waals surface area (Å²) in [6, 6.07) is 3.88. The molecule has 5 nitrogen and oxygen atoms in total. The third-order valence-corrected chi connectivity index (χ3v) is 4.29. The van der Waals surface area contributed by atoms with Crippen molar-refractivity contribution in [2.75, 3.05) is 5.32 Å². The fourth-order valence-corrected chi connectivity index (χ4v) is 3.29. The van der Waals surface area contributed by atoms with E-state index in [1.807, 2.05) is 0 Å². The van der Waals surface area contributed by atoms with Crippen LogP contribution in [-0.4, -0.2) is 29.2 Å². The van der Waals surface area contributed by atoms with Gasteiger partial charge in [-0.2, -0.15) is 0 Å². The molecule has 0 unspecified atom stereocenters. The number of fused-ring (bicyclic) bond motifs is 2. The monoisotopic (exact) mass is 313 g/mol. The first-order valence-corrected chi connectivity index (χ1v) is 6.99. The maximum Gasteiger partial charge on any atom is 0.310 e. The predicted molar refractivity (Wildman–Crippen MR) is 72.6 cm³/mol. The van der Waals surface area contributed by atoms with Crippen LogP contribution < -0.4 is 5.32 Å². The number of aliphatic carboxylic acids is 1. The highest BCUT2D eigenvalue weighted by Crippen LogP contribution is 2.44. The lowest BCUT2D eigenvalue weighted by Crippen LogP contribution is -2.41. The number of carboxylic acid groups (broad SMARTS) is 1. The Hall–Kier alpha value is -1.66. The fraction of sp³-hybridized carbons (Fsp3) is 0.429. The van der Waals surface area contributed by atoms with E-state index in [1.165, 1.54) is 12.1 Å². The van der Waals surface area contributed by atoms with Crippen LogP contribution in [0.25, 0.3) is 0 Å². The van der Waals surface area contributed by atoms with E-state index in [2.05, 4.69) is 5.32 Å². The summed E-state index contributed by atoms with van der Waals surface area (Å²) in [6.45, 7) is 0. The first kappa shape index (κ1) is 14.3. The van der Waals surface area contributed by atoms with Gasteiger partial charge in [-0.25, -0.2) is 4.39 Å². The molecule has 1 aromatic carbocycles. The van der Waals surface area contributed by atoms with Crippen molar-refractivity contribution in [1.82, 2.24) is 0 Å². The standard InChI is InChI=1S/C14H13ClFNO4/c15-6-1-2-8(7(16)5-6)17-13(18)11-9-3-4-10(21-9)12(11)14(19)20/h1-2,5,9-12H,3-4H2,(H,17,18)(H,19,20)/t9-,10-,11+,12+/m1/s1. The molecule has 2 saturated heterocycles. The van der Waals surface area contributed by atoms with E-state index in [1.54, 1.807) is 0 Å². The average molecular weight is 314 g/mol. The van der Waals surface area contributed by atoms with E-state index < -0.39 is 41.7 Å². The molecule has 7 heteroatoms. The van der Waals surface area contributed by atoms with E-state index >= 15 is 0 Å². The first-order chi connectivity index (χ1) is 9.97. The maximum absolute atomic E-state index is 13.7. The van der Waals surface area contributed by atoms with Crippen molar-refractivity contribution in [2.45, 2.75) is 25.0 Å². The molecule has 2 fully saturated rings. The Kier molecular flexibility index (Phi) is 3.59. The van der Waals surface area contributed by atoms with Gasteiger partial charge in [-0.3, -0.25) is 9.59 Å². The second-order valence-corrected chi connectivity index (χ2v) is 5.73. The zero-order valence-electron chi connectivity index (χ0n) is 10.9. The summed E-state index contributed by atoms with van der Waals surface area (Å²) in [6.07, 6.45) is 0.445. The highest BCUT2D eigenvalue weighted by molar-refractivity contribution is 6.30. The van der Waals surface area contributed by atoms with Crippen LogP contribution in [0, 0.1) is 17.7 Å². The molecule has 0 aliphatic carbocycles. The van der Waals surface area contributed by atoms with Gasteiger partial charge >= 0.3 is 5.97 Å². The van der Waals surface area contributed by atoms with Crippen molar-refractivity contribution in [3.05, 3.63) is 29.0 Å². The van der Waals surface area contributed by atoms with Crippen LogP contribution in [0.2, 0.25) is 5.02 Å². The summed E-state index contributed by atoms with van der Waals surface area (Å²) in [5.41, 5.74) is -0.0173. The van der Waals surface area contributed by atoms with Gasteiger partial charge < -0.3 is 15.2 Å². The Labute approximate surface area is 125 Å². The largest absolute Gasteiger partial charge is 0.481 e. The highest BCUT2D eigenvalue weighted by atomic mass is 35.5. The smallest absolute Gasteiger partial charge is 0.310 e. The summed E-state index contributed by atoms with van der Waals surface area (Å²) < 4.78 is 19.2. The van der Waals surface area contributed by atoms with Crippen molar-refractivity contribution >= 4 is 29.2 Å². The minimum absolute atomic E-state index is 0.0173. The third kappa shape index (κ3) is 2.49. The molecule has 2 bridgehead atoms. The average Bonchev–Trinajstić information content (AvgIpc) is 3.02. The van der Waals surface area contributed by atoms with E-state index in [9.17, 15) is 19.1 Å². The lowest BCUT2D eigenvalue weighted by molar-refractivity contribution is -0.147. The number of halogens is 2. The molecular weight excluding hydrogens is 301 g/mol. The normalized spacial score (nSPS) is 30.4. The van der Waals surface area contributed by atoms with E-state index in [0.29, 0.717) is 12.8 Å². The molecule has 3 rings (SSSR count).